The van der Waals surface area contributed by atoms with E-state index in [-0.39, 0.29) is 12.1 Å². The molecule has 0 heterocycles. The maximum atomic E-state index is 9.65. The zero-order chi connectivity index (χ0) is 14.6. The molecule has 0 bridgehead atoms. The van der Waals surface area contributed by atoms with Gasteiger partial charge in [-0.05, 0) is 52.2 Å². The molecule has 0 aromatic carbocycles. The second-order valence-corrected chi connectivity index (χ2v) is 5.47. The molecule has 1 unspecified atom stereocenters. The molecule has 0 fully saturated rings. The predicted molar refractivity (Wildman–Crippen MR) is 81.6 cm³/mol. The van der Waals surface area contributed by atoms with Crippen molar-refractivity contribution in [3.05, 3.63) is 0 Å². The molecule has 0 radical (unpaired) electrons. The number of nitrogens with one attached hydrogen (secondary N) is 1. The third-order valence-corrected chi connectivity index (χ3v) is 3.81. The van der Waals surface area contributed by atoms with Crippen molar-refractivity contribution in [2.75, 3.05) is 47.0 Å². The highest BCUT2D eigenvalue weighted by atomic mass is 16.5. The van der Waals surface area contributed by atoms with Crippen LogP contribution in [0.5, 0.6) is 0 Å². The van der Waals surface area contributed by atoms with Crippen LogP contribution in [-0.4, -0.2) is 62.6 Å². The van der Waals surface area contributed by atoms with Gasteiger partial charge in [0.05, 0.1) is 6.61 Å². The Balaban J connectivity index is 3.91. The van der Waals surface area contributed by atoms with Crippen molar-refractivity contribution in [3.8, 4) is 0 Å². The van der Waals surface area contributed by atoms with Gasteiger partial charge in [0.25, 0.3) is 0 Å². The molecule has 0 aromatic heterocycles. The fraction of sp³-hybridized carbons (Fsp3) is 1.00. The lowest BCUT2D eigenvalue weighted by atomic mass is 9.91. The van der Waals surface area contributed by atoms with Crippen molar-refractivity contribution in [2.45, 2.75) is 51.5 Å². The normalized spacial score (nSPS) is 14.8. The molecule has 4 nitrogen and oxygen atoms in total. The van der Waals surface area contributed by atoms with E-state index in [4.69, 9.17) is 4.74 Å². The number of aliphatic hydroxyl groups excluding tert-OH is 1. The van der Waals surface area contributed by atoms with Gasteiger partial charge in [0, 0.05) is 25.8 Å². The van der Waals surface area contributed by atoms with Crippen LogP contribution in [0.1, 0.15) is 46.0 Å². The third kappa shape index (κ3) is 8.58. The summed E-state index contributed by atoms with van der Waals surface area (Å²) in [7, 11) is 3.90. The van der Waals surface area contributed by atoms with Crippen LogP contribution in [0.2, 0.25) is 0 Å². The maximum absolute atomic E-state index is 9.65. The van der Waals surface area contributed by atoms with Crippen molar-refractivity contribution < 1.29 is 9.84 Å². The highest BCUT2D eigenvalue weighted by Gasteiger charge is 2.25. The van der Waals surface area contributed by atoms with Gasteiger partial charge < -0.3 is 20.1 Å². The Hall–Kier alpha value is -0.160. The standard InChI is InChI=1S/C15H34N2O2/c1-5-10-16-15(6-2,14-18)9-7-11-17(3)12-8-13-19-4/h16,18H,5-14H2,1-4H3. The lowest BCUT2D eigenvalue weighted by molar-refractivity contribution is 0.138. The minimum atomic E-state index is -0.0800. The summed E-state index contributed by atoms with van der Waals surface area (Å²) in [6.45, 7) is 8.52. The monoisotopic (exact) mass is 274 g/mol. The van der Waals surface area contributed by atoms with Crippen LogP contribution < -0.4 is 5.32 Å². The summed E-state index contributed by atoms with van der Waals surface area (Å²) in [5.41, 5.74) is -0.0800. The Morgan fingerprint density at radius 2 is 1.89 bits per heavy atom. The average molecular weight is 274 g/mol. The van der Waals surface area contributed by atoms with Gasteiger partial charge in [-0.3, -0.25) is 0 Å². The van der Waals surface area contributed by atoms with E-state index in [2.05, 4.69) is 31.1 Å². The molecule has 19 heavy (non-hydrogen) atoms. The zero-order valence-electron chi connectivity index (χ0n) is 13.4. The first kappa shape index (κ1) is 18.8. The van der Waals surface area contributed by atoms with Gasteiger partial charge in [-0.1, -0.05) is 13.8 Å². The number of hydrogen-bond acceptors (Lipinski definition) is 4. The molecule has 4 heteroatoms. The van der Waals surface area contributed by atoms with Gasteiger partial charge in [-0.2, -0.15) is 0 Å². The molecule has 0 amide bonds. The van der Waals surface area contributed by atoms with Crippen LogP contribution in [-0.2, 0) is 4.74 Å². The first-order valence-corrected chi connectivity index (χ1v) is 7.67. The summed E-state index contributed by atoms with van der Waals surface area (Å²) in [4.78, 5) is 2.34. The van der Waals surface area contributed by atoms with Crippen LogP contribution in [0.3, 0.4) is 0 Å². The van der Waals surface area contributed by atoms with Crippen molar-refractivity contribution >= 4 is 0 Å². The summed E-state index contributed by atoms with van der Waals surface area (Å²) in [6.07, 6.45) is 5.33. The zero-order valence-corrected chi connectivity index (χ0v) is 13.4. The Morgan fingerprint density at radius 3 is 2.42 bits per heavy atom. The fourth-order valence-electron chi connectivity index (χ4n) is 2.31. The molecular weight excluding hydrogens is 240 g/mol. The van der Waals surface area contributed by atoms with Gasteiger partial charge in [0.2, 0.25) is 0 Å². The molecule has 1 atom stereocenters. The Bertz CT molecular complexity index is 197. The van der Waals surface area contributed by atoms with Crippen molar-refractivity contribution in [3.63, 3.8) is 0 Å². The third-order valence-electron chi connectivity index (χ3n) is 3.81. The lowest BCUT2D eigenvalue weighted by Gasteiger charge is -2.33. The van der Waals surface area contributed by atoms with Crippen molar-refractivity contribution in [1.82, 2.24) is 10.2 Å². The summed E-state index contributed by atoms with van der Waals surface area (Å²) in [5.74, 6) is 0. The van der Waals surface area contributed by atoms with E-state index in [0.717, 1.165) is 58.3 Å². The highest BCUT2D eigenvalue weighted by Crippen LogP contribution is 2.17. The smallest absolute Gasteiger partial charge is 0.0613 e. The first-order chi connectivity index (χ1) is 9.14. The molecule has 0 aliphatic carbocycles. The Labute approximate surface area is 119 Å². The van der Waals surface area contributed by atoms with Crippen LogP contribution in [0.25, 0.3) is 0 Å². The second kappa shape index (κ2) is 11.6. The molecule has 0 spiro atoms. The van der Waals surface area contributed by atoms with Gasteiger partial charge in [0.1, 0.15) is 0 Å². The van der Waals surface area contributed by atoms with Gasteiger partial charge in [-0.15, -0.1) is 0 Å². The maximum Gasteiger partial charge on any atom is 0.0613 e. The molecule has 0 saturated carbocycles. The van der Waals surface area contributed by atoms with E-state index in [1.807, 2.05) is 0 Å². The van der Waals surface area contributed by atoms with Crippen LogP contribution in [0.15, 0.2) is 0 Å². The molecule has 2 N–H and O–H groups in total. The number of hydrogen-bond donors (Lipinski definition) is 2. The summed E-state index contributed by atoms with van der Waals surface area (Å²) in [6, 6.07) is 0. The van der Waals surface area contributed by atoms with Crippen LogP contribution >= 0.6 is 0 Å². The predicted octanol–water partition coefficient (Wildman–Crippen LogP) is 1.88. The first-order valence-electron chi connectivity index (χ1n) is 7.67. The molecule has 0 rings (SSSR count). The lowest BCUT2D eigenvalue weighted by Crippen LogP contribution is -2.48. The average Bonchev–Trinajstić information content (AvgIpc) is 2.43. The largest absolute Gasteiger partial charge is 0.394 e. The number of rotatable bonds is 13. The molecule has 0 aromatic rings. The summed E-state index contributed by atoms with van der Waals surface area (Å²) in [5, 5.41) is 13.2. The van der Waals surface area contributed by atoms with E-state index in [1.165, 1.54) is 0 Å². The van der Waals surface area contributed by atoms with E-state index >= 15 is 0 Å². The number of aliphatic hydroxyl groups is 1. The van der Waals surface area contributed by atoms with Gasteiger partial charge in [0.15, 0.2) is 0 Å². The molecular formula is C15H34N2O2. The van der Waals surface area contributed by atoms with Gasteiger partial charge >= 0.3 is 0 Å². The van der Waals surface area contributed by atoms with Crippen molar-refractivity contribution in [1.29, 1.82) is 0 Å². The minimum absolute atomic E-state index is 0.0800. The number of nitrogens with zero attached hydrogens (tertiary/aromatic N) is 1. The van der Waals surface area contributed by atoms with E-state index in [1.54, 1.807) is 7.11 Å². The summed E-state index contributed by atoms with van der Waals surface area (Å²) < 4.78 is 5.06. The molecule has 116 valence electrons. The second-order valence-electron chi connectivity index (χ2n) is 5.47. The van der Waals surface area contributed by atoms with Gasteiger partial charge in [-0.25, -0.2) is 0 Å². The highest BCUT2D eigenvalue weighted by molar-refractivity contribution is 4.86. The Kier molecular flexibility index (Phi) is 11.6. The molecule has 0 aliphatic rings. The summed E-state index contributed by atoms with van der Waals surface area (Å²) >= 11 is 0. The van der Waals surface area contributed by atoms with Crippen molar-refractivity contribution in [2.24, 2.45) is 0 Å². The number of ether oxygens (including phenoxy) is 1. The molecule has 0 saturated heterocycles. The van der Waals surface area contributed by atoms with Crippen LogP contribution in [0.4, 0.5) is 0 Å². The van der Waals surface area contributed by atoms with E-state index in [0.29, 0.717) is 0 Å². The molecule has 0 aliphatic heterocycles. The van der Waals surface area contributed by atoms with E-state index < -0.39 is 0 Å². The minimum Gasteiger partial charge on any atom is -0.394 e. The fourth-order valence-corrected chi connectivity index (χ4v) is 2.31. The number of methoxy groups -OCH3 is 1. The van der Waals surface area contributed by atoms with Crippen LogP contribution in [0, 0.1) is 0 Å². The quantitative estimate of drug-likeness (QED) is 0.503. The topological polar surface area (TPSA) is 44.7 Å². The Morgan fingerprint density at radius 1 is 1.21 bits per heavy atom. The SMILES string of the molecule is CCCNC(CC)(CO)CCCN(C)CCCOC. The van der Waals surface area contributed by atoms with E-state index in [9.17, 15) is 5.11 Å².